The van der Waals surface area contributed by atoms with Gasteiger partial charge >= 0.3 is 0 Å². The molecule has 6 heteroatoms. The van der Waals surface area contributed by atoms with Gasteiger partial charge in [-0.2, -0.15) is 0 Å². The van der Waals surface area contributed by atoms with Crippen molar-refractivity contribution in [1.29, 1.82) is 0 Å². The lowest BCUT2D eigenvalue weighted by Crippen LogP contribution is -2.37. The van der Waals surface area contributed by atoms with E-state index in [2.05, 4.69) is 17.0 Å². The number of hydrogen-bond acceptors (Lipinski definition) is 4. The first-order valence-corrected chi connectivity index (χ1v) is 9.66. The minimum Gasteiger partial charge on any atom is -0.315 e. The molecule has 0 amide bonds. The lowest BCUT2D eigenvalue weighted by atomic mass is 9.85. The van der Waals surface area contributed by atoms with Crippen molar-refractivity contribution in [2.24, 2.45) is 5.92 Å². The fourth-order valence-corrected chi connectivity index (χ4v) is 5.59. The average molecular weight is 316 g/mol. The van der Waals surface area contributed by atoms with E-state index in [1.54, 1.807) is 6.07 Å². The first-order chi connectivity index (χ1) is 9.56. The molecule has 1 heterocycles. The summed E-state index contributed by atoms with van der Waals surface area (Å²) in [5.74, 6) is 0.775. The second-order valence-electron chi connectivity index (χ2n) is 5.49. The molecule has 1 aliphatic rings. The van der Waals surface area contributed by atoms with Crippen LogP contribution in [0.3, 0.4) is 0 Å². The molecule has 4 nitrogen and oxygen atoms in total. The van der Waals surface area contributed by atoms with Gasteiger partial charge in [-0.1, -0.05) is 13.3 Å². The molecule has 1 fully saturated rings. The fraction of sp³-hybridized carbons (Fsp3) is 0.714. The number of rotatable bonds is 6. The van der Waals surface area contributed by atoms with Crippen molar-refractivity contribution < 1.29 is 8.42 Å². The molecule has 0 radical (unpaired) electrons. The van der Waals surface area contributed by atoms with Gasteiger partial charge in [0.2, 0.25) is 10.0 Å². The predicted molar refractivity (Wildman–Crippen MR) is 83.4 cm³/mol. The smallest absolute Gasteiger partial charge is 0.241 e. The fourth-order valence-electron chi connectivity index (χ4n) is 2.83. The summed E-state index contributed by atoms with van der Waals surface area (Å²) < 4.78 is 27.8. The largest absolute Gasteiger partial charge is 0.315 e. The summed E-state index contributed by atoms with van der Waals surface area (Å²) in [5.41, 5.74) is 0. The molecule has 0 aromatic carbocycles. The van der Waals surface area contributed by atoms with Gasteiger partial charge < -0.3 is 5.32 Å². The summed E-state index contributed by atoms with van der Waals surface area (Å²) in [7, 11) is -1.54. The highest BCUT2D eigenvalue weighted by Crippen LogP contribution is 2.28. The highest BCUT2D eigenvalue weighted by molar-refractivity contribution is 7.89. The topological polar surface area (TPSA) is 58.2 Å². The summed E-state index contributed by atoms with van der Waals surface area (Å²) in [5, 5.41) is 4.86. The molecule has 0 bridgehead atoms. The average Bonchev–Trinajstić information content (AvgIpc) is 2.89. The molecule has 1 aromatic rings. The van der Waals surface area contributed by atoms with Crippen molar-refractivity contribution >= 4 is 21.4 Å². The van der Waals surface area contributed by atoms with Crippen LogP contribution in [0.1, 0.15) is 43.9 Å². The third-order valence-electron chi connectivity index (χ3n) is 4.08. The van der Waals surface area contributed by atoms with E-state index in [0.717, 1.165) is 36.5 Å². The monoisotopic (exact) mass is 316 g/mol. The Hall–Kier alpha value is -0.430. The van der Waals surface area contributed by atoms with Gasteiger partial charge in [-0.25, -0.2) is 13.1 Å². The van der Waals surface area contributed by atoms with Gasteiger partial charge in [0, 0.05) is 17.5 Å². The molecule has 0 saturated heterocycles. The highest BCUT2D eigenvalue weighted by Gasteiger charge is 2.26. The van der Waals surface area contributed by atoms with E-state index >= 15 is 0 Å². The van der Waals surface area contributed by atoms with Crippen LogP contribution in [0.15, 0.2) is 16.3 Å². The van der Waals surface area contributed by atoms with Crippen molar-refractivity contribution in [2.45, 2.75) is 56.5 Å². The van der Waals surface area contributed by atoms with Crippen LogP contribution in [0.2, 0.25) is 0 Å². The van der Waals surface area contributed by atoms with Crippen molar-refractivity contribution in [3.05, 3.63) is 16.3 Å². The molecular formula is C14H24N2O2S2. The van der Waals surface area contributed by atoms with Crippen LogP contribution in [0.5, 0.6) is 0 Å². The molecule has 20 heavy (non-hydrogen) atoms. The number of nitrogens with one attached hydrogen (secondary N) is 2. The first-order valence-electron chi connectivity index (χ1n) is 7.30. The summed E-state index contributed by atoms with van der Waals surface area (Å²) in [6.45, 7) is 2.81. The molecule has 114 valence electrons. The Bertz CT molecular complexity index is 517. The zero-order valence-electron chi connectivity index (χ0n) is 12.2. The molecule has 2 N–H and O–H groups in total. The third kappa shape index (κ3) is 3.81. The number of sulfonamides is 1. The normalized spacial score (nSPS) is 23.9. The minimum absolute atomic E-state index is 0.102. The second-order valence-corrected chi connectivity index (χ2v) is 8.17. The summed E-state index contributed by atoms with van der Waals surface area (Å²) in [6, 6.07) is 1.81. The van der Waals surface area contributed by atoms with E-state index in [1.807, 2.05) is 12.4 Å². The molecule has 2 rings (SSSR count). The van der Waals surface area contributed by atoms with Gasteiger partial charge in [0.25, 0.3) is 0 Å². The predicted octanol–water partition coefficient (Wildman–Crippen LogP) is 2.71. The Kier molecular flexibility index (Phi) is 5.60. The SMILES string of the molecule is CCC1CCC(NS(=O)(=O)c2ccsc2CNC)CC1. The molecule has 0 unspecified atom stereocenters. The maximum atomic E-state index is 12.5. The maximum Gasteiger partial charge on any atom is 0.241 e. The molecular weight excluding hydrogens is 292 g/mol. The van der Waals surface area contributed by atoms with Crippen LogP contribution in [0.25, 0.3) is 0 Å². The Morgan fingerprint density at radius 2 is 2.00 bits per heavy atom. The third-order valence-corrected chi connectivity index (χ3v) is 6.73. The molecule has 0 spiro atoms. The van der Waals surface area contributed by atoms with Crippen LogP contribution < -0.4 is 10.0 Å². The molecule has 0 aliphatic heterocycles. The Morgan fingerprint density at radius 3 is 2.60 bits per heavy atom. The zero-order chi connectivity index (χ0) is 14.6. The Morgan fingerprint density at radius 1 is 1.30 bits per heavy atom. The second kappa shape index (κ2) is 7.02. The van der Waals surface area contributed by atoms with Gasteiger partial charge in [0.15, 0.2) is 0 Å². The van der Waals surface area contributed by atoms with Gasteiger partial charge in [0.1, 0.15) is 0 Å². The van der Waals surface area contributed by atoms with Crippen molar-refractivity contribution in [3.63, 3.8) is 0 Å². The van der Waals surface area contributed by atoms with E-state index in [-0.39, 0.29) is 6.04 Å². The van der Waals surface area contributed by atoms with Gasteiger partial charge in [-0.05, 0) is 50.1 Å². The first kappa shape index (κ1) is 15.9. The number of thiophene rings is 1. The Labute approximate surface area is 126 Å². The highest BCUT2D eigenvalue weighted by atomic mass is 32.2. The van der Waals surface area contributed by atoms with Gasteiger partial charge in [-0.3, -0.25) is 0 Å². The molecule has 0 atom stereocenters. The summed E-state index contributed by atoms with van der Waals surface area (Å²) in [4.78, 5) is 1.32. The molecule has 1 aromatic heterocycles. The zero-order valence-corrected chi connectivity index (χ0v) is 13.8. The molecule has 1 aliphatic carbocycles. The lowest BCUT2D eigenvalue weighted by molar-refractivity contribution is 0.306. The van der Waals surface area contributed by atoms with E-state index in [1.165, 1.54) is 17.8 Å². The van der Waals surface area contributed by atoms with Crippen molar-refractivity contribution in [2.75, 3.05) is 7.05 Å². The van der Waals surface area contributed by atoms with Crippen LogP contribution in [-0.4, -0.2) is 21.5 Å². The van der Waals surface area contributed by atoms with Crippen LogP contribution in [0.4, 0.5) is 0 Å². The molecule has 1 saturated carbocycles. The quantitative estimate of drug-likeness (QED) is 0.848. The summed E-state index contributed by atoms with van der Waals surface area (Å²) in [6.07, 6.45) is 5.40. The van der Waals surface area contributed by atoms with E-state index < -0.39 is 10.0 Å². The minimum atomic E-state index is -3.37. The van der Waals surface area contributed by atoms with Crippen molar-refractivity contribution in [3.8, 4) is 0 Å². The van der Waals surface area contributed by atoms with Gasteiger partial charge in [0.05, 0.1) is 4.90 Å². The van der Waals surface area contributed by atoms with E-state index in [9.17, 15) is 8.42 Å². The number of hydrogen-bond donors (Lipinski definition) is 2. The lowest BCUT2D eigenvalue weighted by Gasteiger charge is -2.28. The van der Waals surface area contributed by atoms with Crippen LogP contribution in [-0.2, 0) is 16.6 Å². The summed E-state index contributed by atoms with van der Waals surface area (Å²) >= 11 is 1.49. The van der Waals surface area contributed by atoms with Crippen LogP contribution >= 0.6 is 11.3 Å². The van der Waals surface area contributed by atoms with Crippen LogP contribution in [0, 0.1) is 5.92 Å². The van der Waals surface area contributed by atoms with Gasteiger partial charge in [-0.15, -0.1) is 11.3 Å². The Balaban J connectivity index is 2.02. The van der Waals surface area contributed by atoms with E-state index in [4.69, 9.17) is 0 Å². The van der Waals surface area contributed by atoms with E-state index in [0.29, 0.717) is 11.4 Å². The van der Waals surface area contributed by atoms with Crippen molar-refractivity contribution in [1.82, 2.24) is 10.0 Å². The maximum absolute atomic E-state index is 12.5. The standard InChI is InChI=1S/C14H24N2O2S2/c1-3-11-4-6-12(7-5-11)16-20(17,18)14-8-9-19-13(14)10-15-2/h8-9,11-12,15-16H,3-7,10H2,1-2H3.